The number of nitrogen functional groups attached to an aromatic ring is 1. The van der Waals surface area contributed by atoms with E-state index < -0.39 is 0 Å². The molecule has 0 aromatic carbocycles. The van der Waals surface area contributed by atoms with E-state index in [9.17, 15) is 0 Å². The smallest absolute Gasteiger partial charge is 0.246 e. The molecule has 2 aromatic rings. The molecule has 0 bridgehead atoms. The summed E-state index contributed by atoms with van der Waals surface area (Å²) in [5, 5.41) is 0. The second kappa shape index (κ2) is 5.45. The Morgan fingerprint density at radius 3 is 3.00 bits per heavy atom. The van der Waals surface area contributed by atoms with Crippen LogP contribution in [0.15, 0.2) is 6.33 Å². The third-order valence-electron chi connectivity index (χ3n) is 3.51. The molecule has 0 saturated carbocycles. The second-order valence-corrected chi connectivity index (χ2v) is 4.98. The molecule has 3 heterocycles. The van der Waals surface area contributed by atoms with Gasteiger partial charge in [0.25, 0.3) is 0 Å². The van der Waals surface area contributed by atoms with Gasteiger partial charge in [-0.1, -0.05) is 0 Å². The fraction of sp³-hybridized carbons (Fsp3) is 0.615. The first-order valence-electron chi connectivity index (χ1n) is 6.95. The molecule has 114 valence electrons. The van der Waals surface area contributed by atoms with Gasteiger partial charge >= 0.3 is 0 Å². The zero-order valence-electron chi connectivity index (χ0n) is 12.3. The largest absolute Gasteiger partial charge is 0.479 e. The zero-order valence-corrected chi connectivity index (χ0v) is 12.3. The van der Waals surface area contributed by atoms with E-state index in [0.29, 0.717) is 23.7 Å². The Kier molecular flexibility index (Phi) is 3.64. The van der Waals surface area contributed by atoms with E-state index in [1.807, 2.05) is 18.4 Å². The topological polar surface area (TPSA) is 97.3 Å². The highest BCUT2D eigenvalue weighted by Gasteiger charge is 2.36. The maximum Gasteiger partial charge on any atom is 0.246 e. The fourth-order valence-corrected chi connectivity index (χ4v) is 2.67. The van der Waals surface area contributed by atoms with Crippen molar-refractivity contribution in [3.8, 4) is 5.88 Å². The van der Waals surface area contributed by atoms with Crippen molar-refractivity contribution < 1.29 is 14.2 Å². The van der Waals surface area contributed by atoms with Gasteiger partial charge in [0, 0.05) is 13.0 Å². The van der Waals surface area contributed by atoms with Crippen LogP contribution in [0, 0.1) is 0 Å². The van der Waals surface area contributed by atoms with Crippen LogP contribution in [0.3, 0.4) is 0 Å². The number of aromatic nitrogens is 4. The number of methoxy groups -OCH3 is 1. The number of hydrogen-bond acceptors (Lipinski definition) is 7. The summed E-state index contributed by atoms with van der Waals surface area (Å²) in [6, 6.07) is 0. The summed E-state index contributed by atoms with van der Waals surface area (Å²) in [7, 11) is 1.53. The molecule has 1 aliphatic heterocycles. The lowest BCUT2D eigenvalue weighted by atomic mass is 10.2. The lowest BCUT2D eigenvalue weighted by Gasteiger charge is -2.20. The number of rotatable bonds is 4. The van der Waals surface area contributed by atoms with Gasteiger partial charge in [0.15, 0.2) is 17.4 Å². The molecule has 21 heavy (non-hydrogen) atoms. The van der Waals surface area contributed by atoms with Crippen molar-refractivity contribution in [2.45, 2.75) is 38.7 Å². The molecule has 2 aromatic heterocycles. The SMILES string of the molecule is CCOC1CC(C)OC1n1cnc2c(OC)nc(N)nc21. The second-order valence-electron chi connectivity index (χ2n) is 4.98. The summed E-state index contributed by atoms with van der Waals surface area (Å²) in [6.07, 6.45) is 2.30. The molecule has 2 N–H and O–H groups in total. The average Bonchev–Trinajstić information content (AvgIpc) is 3.01. The first kappa shape index (κ1) is 14.0. The Balaban J connectivity index is 2.06. The van der Waals surface area contributed by atoms with Gasteiger partial charge in [-0.15, -0.1) is 0 Å². The lowest BCUT2D eigenvalue weighted by molar-refractivity contribution is -0.0549. The molecule has 0 amide bonds. The van der Waals surface area contributed by atoms with Crippen molar-refractivity contribution in [2.24, 2.45) is 0 Å². The first-order valence-corrected chi connectivity index (χ1v) is 6.95. The van der Waals surface area contributed by atoms with Crippen LogP contribution in [0.2, 0.25) is 0 Å². The van der Waals surface area contributed by atoms with E-state index in [0.717, 1.165) is 6.42 Å². The van der Waals surface area contributed by atoms with E-state index in [1.165, 1.54) is 7.11 Å². The van der Waals surface area contributed by atoms with Gasteiger partial charge < -0.3 is 19.9 Å². The molecule has 0 radical (unpaired) electrons. The van der Waals surface area contributed by atoms with Gasteiger partial charge in [0.05, 0.1) is 19.5 Å². The van der Waals surface area contributed by atoms with Crippen LogP contribution in [0.1, 0.15) is 26.5 Å². The Labute approximate surface area is 122 Å². The third kappa shape index (κ3) is 2.40. The predicted octanol–water partition coefficient (Wildman–Crippen LogP) is 1.13. The van der Waals surface area contributed by atoms with Crippen LogP contribution in [0.5, 0.6) is 5.88 Å². The summed E-state index contributed by atoms with van der Waals surface area (Å²) >= 11 is 0. The van der Waals surface area contributed by atoms with E-state index in [1.54, 1.807) is 6.33 Å². The van der Waals surface area contributed by atoms with Crippen molar-refractivity contribution in [1.82, 2.24) is 19.5 Å². The summed E-state index contributed by atoms with van der Waals surface area (Å²) in [5.74, 6) is 0.496. The van der Waals surface area contributed by atoms with E-state index in [2.05, 4.69) is 15.0 Å². The Bertz CT molecular complexity index is 644. The number of hydrogen-bond donors (Lipinski definition) is 1. The van der Waals surface area contributed by atoms with Gasteiger partial charge in [-0.05, 0) is 13.8 Å². The van der Waals surface area contributed by atoms with Crippen LogP contribution in [-0.2, 0) is 9.47 Å². The normalized spacial score (nSPS) is 25.6. The van der Waals surface area contributed by atoms with Gasteiger partial charge in [0.2, 0.25) is 11.8 Å². The Hall–Kier alpha value is -1.93. The molecule has 0 aliphatic carbocycles. The number of imidazole rings is 1. The Morgan fingerprint density at radius 2 is 2.29 bits per heavy atom. The molecule has 1 saturated heterocycles. The van der Waals surface area contributed by atoms with E-state index in [-0.39, 0.29) is 24.4 Å². The first-order chi connectivity index (χ1) is 10.1. The van der Waals surface area contributed by atoms with Crippen molar-refractivity contribution >= 4 is 17.1 Å². The van der Waals surface area contributed by atoms with Crippen LogP contribution in [0.4, 0.5) is 5.95 Å². The summed E-state index contributed by atoms with van der Waals surface area (Å²) < 4.78 is 18.7. The summed E-state index contributed by atoms with van der Waals surface area (Å²) in [5.41, 5.74) is 6.88. The molecule has 1 aliphatic rings. The molecule has 8 nitrogen and oxygen atoms in total. The highest BCUT2D eigenvalue weighted by atomic mass is 16.6. The quantitative estimate of drug-likeness (QED) is 0.902. The zero-order chi connectivity index (χ0) is 15.0. The van der Waals surface area contributed by atoms with Gasteiger partial charge in [-0.2, -0.15) is 9.97 Å². The summed E-state index contributed by atoms with van der Waals surface area (Å²) in [4.78, 5) is 12.6. The fourth-order valence-electron chi connectivity index (χ4n) is 2.67. The van der Waals surface area contributed by atoms with Crippen LogP contribution in [0.25, 0.3) is 11.2 Å². The van der Waals surface area contributed by atoms with Crippen LogP contribution in [-0.4, -0.2) is 45.4 Å². The van der Waals surface area contributed by atoms with Crippen molar-refractivity contribution in [3.05, 3.63) is 6.33 Å². The van der Waals surface area contributed by atoms with Crippen molar-refractivity contribution in [1.29, 1.82) is 0 Å². The molecular weight excluding hydrogens is 274 g/mol. The number of nitrogens with zero attached hydrogens (tertiary/aromatic N) is 4. The maximum atomic E-state index is 5.95. The molecule has 1 fully saturated rings. The van der Waals surface area contributed by atoms with E-state index in [4.69, 9.17) is 19.9 Å². The number of nitrogens with two attached hydrogens (primary N) is 1. The van der Waals surface area contributed by atoms with Gasteiger partial charge in [-0.3, -0.25) is 4.57 Å². The van der Waals surface area contributed by atoms with Crippen molar-refractivity contribution in [3.63, 3.8) is 0 Å². The minimum atomic E-state index is -0.274. The lowest BCUT2D eigenvalue weighted by Crippen LogP contribution is -2.22. The summed E-state index contributed by atoms with van der Waals surface area (Å²) in [6.45, 7) is 4.62. The third-order valence-corrected chi connectivity index (χ3v) is 3.51. The van der Waals surface area contributed by atoms with Crippen LogP contribution >= 0.6 is 0 Å². The van der Waals surface area contributed by atoms with Crippen molar-refractivity contribution in [2.75, 3.05) is 19.5 Å². The molecule has 0 spiro atoms. The standard InChI is InChI=1S/C13H19N5O3/c1-4-20-8-5-7(2)21-12(8)18-6-15-9-10(18)16-13(14)17-11(9)19-3/h6-8,12H,4-5H2,1-3H3,(H2,14,16,17). The molecule has 3 atom stereocenters. The van der Waals surface area contributed by atoms with E-state index >= 15 is 0 Å². The molecule has 3 unspecified atom stereocenters. The predicted molar refractivity (Wildman–Crippen MR) is 75.9 cm³/mol. The number of anilines is 1. The monoisotopic (exact) mass is 293 g/mol. The van der Waals surface area contributed by atoms with Gasteiger partial charge in [0.1, 0.15) is 6.10 Å². The highest BCUT2D eigenvalue weighted by molar-refractivity contribution is 5.77. The highest BCUT2D eigenvalue weighted by Crippen LogP contribution is 2.34. The molecule has 3 rings (SSSR count). The van der Waals surface area contributed by atoms with Gasteiger partial charge in [-0.25, -0.2) is 4.98 Å². The van der Waals surface area contributed by atoms with Crippen LogP contribution < -0.4 is 10.5 Å². The minimum Gasteiger partial charge on any atom is -0.479 e. The molecular formula is C13H19N5O3. The molecule has 8 heteroatoms. The Morgan fingerprint density at radius 1 is 1.48 bits per heavy atom. The number of ether oxygens (including phenoxy) is 3. The average molecular weight is 293 g/mol. The minimum absolute atomic E-state index is 0.0374. The maximum absolute atomic E-state index is 5.95. The number of fused-ring (bicyclic) bond motifs is 1.